The molecule has 0 atom stereocenters. The Morgan fingerprint density at radius 2 is 0.521 bits per heavy atom. The molecule has 1 N–H and O–H groups in total. The van der Waals surface area contributed by atoms with E-state index in [1.807, 2.05) is 0 Å². The van der Waals surface area contributed by atoms with Gasteiger partial charge in [0.1, 0.15) is 29.4 Å². The van der Waals surface area contributed by atoms with Crippen LogP contribution in [0.25, 0.3) is 0 Å². The minimum Gasteiger partial charge on any atom is -0.336 e. The summed E-state index contributed by atoms with van der Waals surface area (Å²) >= 11 is 0. The van der Waals surface area contributed by atoms with Gasteiger partial charge in [-0.05, 0) is 20.8 Å². The van der Waals surface area contributed by atoms with Crippen molar-refractivity contribution in [2.24, 2.45) is 0 Å². The molecule has 0 bridgehead atoms. The lowest BCUT2D eigenvalue weighted by molar-refractivity contribution is -0.894. The van der Waals surface area contributed by atoms with Gasteiger partial charge in [0.25, 0.3) is 0 Å². The largest absolute Gasteiger partial charge is 0.336 e. The van der Waals surface area contributed by atoms with E-state index in [1.165, 1.54) is 19.6 Å². The molecule has 0 saturated carbocycles. The van der Waals surface area contributed by atoms with Gasteiger partial charge in [-0.25, -0.2) is 70.2 Å². The first-order valence-electron chi connectivity index (χ1n) is 13.7. The molecule has 0 amide bonds. The Kier molecular flexibility index (Phi) is 11.5. The van der Waals surface area contributed by atoms with Crippen molar-refractivity contribution in [1.29, 1.82) is 0 Å². The van der Waals surface area contributed by atoms with Crippen LogP contribution in [0.2, 0.25) is 0 Å². The van der Waals surface area contributed by atoms with E-state index < -0.39 is 145 Å². The zero-order valence-electron chi connectivity index (χ0n) is 24.6. The predicted molar refractivity (Wildman–Crippen MR) is 142 cm³/mol. The Balaban J connectivity index is 0.000000804. The molecule has 260 valence electrons. The second-order valence-electron chi connectivity index (χ2n) is 10.2. The van der Waals surface area contributed by atoms with E-state index in [1.54, 1.807) is 4.90 Å². The van der Waals surface area contributed by atoms with Crippen LogP contribution in [0.1, 0.15) is 20.8 Å². The van der Waals surface area contributed by atoms with Crippen LogP contribution in [0.15, 0.2) is 24.3 Å². The van der Waals surface area contributed by atoms with Crippen LogP contribution in [0.3, 0.4) is 0 Å². The van der Waals surface area contributed by atoms with Gasteiger partial charge in [-0.3, -0.25) is 0 Å². The van der Waals surface area contributed by atoms with E-state index in [-0.39, 0.29) is 0 Å². The minimum atomic E-state index is -6.18. The molecule has 0 aromatic heterocycles. The molecule has 18 heteroatoms. The van der Waals surface area contributed by atoms with Gasteiger partial charge in [-0.1, -0.05) is 0 Å². The van der Waals surface area contributed by atoms with Gasteiger partial charge in [0.2, 0.25) is 0 Å². The molecule has 4 aromatic carbocycles. The SMILES string of the molecule is CC[NH+](CC)CC.Fc1cc(F)c([B-](c2c(F)cc(F)c(F)c2F)(c2c(F)cc(F)c(F)c2F)c2c(F)cc(F)c(F)c2F)c(F)c1F. The second-order valence-corrected chi connectivity index (χ2v) is 10.2. The third-order valence-corrected chi connectivity index (χ3v) is 7.83. The molecule has 48 heavy (non-hydrogen) atoms. The summed E-state index contributed by atoms with van der Waals surface area (Å²) in [6, 6.07) is -2.92. The van der Waals surface area contributed by atoms with E-state index in [9.17, 15) is 35.1 Å². The fourth-order valence-electron chi connectivity index (χ4n) is 5.52. The number of quaternary nitrogens is 1. The summed E-state index contributed by atoms with van der Waals surface area (Å²) in [4.78, 5) is 1.68. The molecule has 0 radical (unpaired) electrons. The standard InChI is InChI=1S/C24H4BF16.C6H15N/c26-5-1-9(30)17(34)21(38)13(5)25(14-6(27)2-10(31)18(35)22(14)39,15-7(28)3-11(32)19(36)23(15)40)16-8(29)4-12(33)20(37)24(16)41;1-4-7(5-2)6-3/h1-4H;4-6H2,1-3H3/q-1;/p+1. The molecule has 0 saturated heterocycles. The first kappa shape index (κ1) is 38.2. The number of rotatable bonds is 7. The average molecular weight is 709 g/mol. The van der Waals surface area contributed by atoms with Crippen molar-refractivity contribution in [3.8, 4) is 0 Å². The summed E-state index contributed by atoms with van der Waals surface area (Å²) < 4.78 is 235. The monoisotopic (exact) mass is 709 g/mol. The van der Waals surface area contributed by atoms with Gasteiger partial charge in [0.05, 0.1) is 42.9 Å². The third kappa shape index (κ3) is 6.21. The lowest BCUT2D eigenvalue weighted by Gasteiger charge is -2.44. The maximum Gasteiger partial charge on any atom is 0.191 e. The van der Waals surface area contributed by atoms with Crippen LogP contribution in [0, 0.1) is 93.1 Å². The molecule has 0 unspecified atom stereocenters. The van der Waals surface area contributed by atoms with E-state index in [2.05, 4.69) is 20.8 Å². The molecule has 0 heterocycles. The zero-order chi connectivity index (χ0) is 36.6. The maximum absolute atomic E-state index is 15.3. The fraction of sp³-hybridized carbons (Fsp3) is 0.200. The predicted octanol–water partition coefficient (Wildman–Crippen LogP) is 5.22. The number of nitrogens with one attached hydrogen (secondary N) is 1. The lowest BCUT2D eigenvalue weighted by Crippen LogP contribution is -3.11. The molecule has 0 spiro atoms. The summed E-state index contributed by atoms with van der Waals surface area (Å²) in [5, 5.41) is 0. The maximum atomic E-state index is 15.3. The van der Waals surface area contributed by atoms with E-state index in [0.29, 0.717) is 0 Å². The van der Waals surface area contributed by atoms with Crippen molar-refractivity contribution in [3.63, 3.8) is 0 Å². The minimum absolute atomic E-state index is 0.731. The highest BCUT2D eigenvalue weighted by atomic mass is 19.2. The smallest absolute Gasteiger partial charge is 0.191 e. The Morgan fingerprint density at radius 3 is 0.667 bits per heavy atom. The average Bonchev–Trinajstić information content (AvgIpc) is 3.01. The van der Waals surface area contributed by atoms with Crippen LogP contribution in [-0.4, -0.2) is 25.8 Å². The Labute approximate surface area is 261 Å². The lowest BCUT2D eigenvalue weighted by atomic mass is 9.12. The van der Waals surface area contributed by atoms with Gasteiger partial charge < -0.3 is 4.90 Å². The Bertz CT molecular complexity index is 1610. The molecule has 1 nitrogen and oxygen atoms in total. The molecule has 0 aliphatic rings. The molecule has 0 fully saturated rings. The van der Waals surface area contributed by atoms with Crippen molar-refractivity contribution in [1.82, 2.24) is 0 Å². The number of halogens is 16. The van der Waals surface area contributed by atoms with Crippen molar-refractivity contribution < 1.29 is 75.1 Å². The quantitative estimate of drug-likeness (QED) is 0.116. The number of benzene rings is 4. The second kappa shape index (κ2) is 14.5. The zero-order valence-corrected chi connectivity index (χ0v) is 24.6. The summed E-state index contributed by atoms with van der Waals surface area (Å²) in [5.41, 5.74) is -10.9. The molecule has 4 aromatic rings. The van der Waals surface area contributed by atoms with E-state index in [0.717, 1.165) is 0 Å². The van der Waals surface area contributed by atoms with Gasteiger partial charge in [0, 0.05) is 24.3 Å². The molecule has 0 aliphatic heterocycles. The number of hydrogen-bond acceptors (Lipinski definition) is 0. The van der Waals surface area contributed by atoms with Crippen LogP contribution < -0.4 is 26.8 Å². The summed E-state index contributed by atoms with van der Waals surface area (Å²) in [6.07, 6.45) is -6.18. The topological polar surface area (TPSA) is 4.44 Å². The van der Waals surface area contributed by atoms with Crippen LogP contribution >= 0.6 is 0 Å². The highest BCUT2D eigenvalue weighted by Crippen LogP contribution is 2.27. The summed E-state index contributed by atoms with van der Waals surface area (Å²) in [7, 11) is 0. The van der Waals surface area contributed by atoms with Crippen LogP contribution in [-0.2, 0) is 0 Å². The Morgan fingerprint density at radius 1 is 0.333 bits per heavy atom. The Hall–Kier alpha value is -4.22. The van der Waals surface area contributed by atoms with Crippen molar-refractivity contribution in [2.75, 3.05) is 19.6 Å². The third-order valence-electron chi connectivity index (χ3n) is 7.83. The first-order chi connectivity index (χ1) is 22.3. The highest BCUT2D eigenvalue weighted by molar-refractivity contribution is 7.20. The summed E-state index contributed by atoms with van der Waals surface area (Å²) in [6.45, 7) is 10.5. The van der Waals surface area contributed by atoms with Crippen molar-refractivity contribution in [3.05, 3.63) is 117 Å². The highest BCUT2D eigenvalue weighted by Gasteiger charge is 2.49. The van der Waals surface area contributed by atoms with Crippen molar-refractivity contribution >= 4 is 28.0 Å². The molecular weight excluding hydrogens is 689 g/mol. The van der Waals surface area contributed by atoms with Crippen LogP contribution in [0.5, 0.6) is 0 Å². The van der Waals surface area contributed by atoms with Crippen LogP contribution in [0.4, 0.5) is 70.2 Å². The van der Waals surface area contributed by atoms with E-state index in [4.69, 9.17) is 0 Å². The van der Waals surface area contributed by atoms with Gasteiger partial charge in [-0.2, -0.15) is 0 Å². The number of hydrogen-bond donors (Lipinski definition) is 1. The fourth-order valence-corrected chi connectivity index (χ4v) is 5.52. The first-order valence-corrected chi connectivity index (χ1v) is 13.7. The molecular formula is C30H20BF16N. The normalized spacial score (nSPS) is 11.7. The van der Waals surface area contributed by atoms with Crippen molar-refractivity contribution in [2.45, 2.75) is 20.8 Å². The molecule has 0 aliphatic carbocycles. The van der Waals surface area contributed by atoms with Gasteiger partial charge in [-0.15, -0.1) is 21.9 Å². The molecule has 4 rings (SSSR count). The van der Waals surface area contributed by atoms with Gasteiger partial charge >= 0.3 is 0 Å². The van der Waals surface area contributed by atoms with E-state index >= 15 is 35.1 Å². The van der Waals surface area contributed by atoms with Gasteiger partial charge in [0.15, 0.2) is 46.5 Å². The summed E-state index contributed by atoms with van der Waals surface area (Å²) in [5.74, 6) is -45.1.